The Morgan fingerprint density at radius 1 is 1.11 bits per heavy atom. The Labute approximate surface area is 113 Å². The van der Waals surface area contributed by atoms with Gasteiger partial charge in [0, 0.05) is 25.6 Å². The van der Waals surface area contributed by atoms with E-state index in [1.54, 1.807) is 0 Å². The van der Waals surface area contributed by atoms with Crippen LogP contribution in [0.15, 0.2) is 0 Å². The number of nitrogens with zero attached hydrogens (tertiary/aromatic N) is 2. The molecule has 108 valence electrons. The molecule has 0 radical (unpaired) electrons. The first-order valence-corrected chi connectivity index (χ1v) is 7.26. The van der Waals surface area contributed by atoms with Crippen LogP contribution in [0.1, 0.15) is 34.1 Å². The SMILES string of the molecule is CCN(CC)CCCN(CC)C(=O)C(C)CNC. The number of hydrogen-bond donors (Lipinski definition) is 1. The molecule has 0 aromatic rings. The van der Waals surface area contributed by atoms with Gasteiger partial charge < -0.3 is 15.1 Å². The summed E-state index contributed by atoms with van der Waals surface area (Å²) in [5.74, 6) is 0.342. The summed E-state index contributed by atoms with van der Waals surface area (Å²) in [6, 6.07) is 0. The normalized spacial score (nSPS) is 12.8. The summed E-state index contributed by atoms with van der Waals surface area (Å²) in [5, 5.41) is 3.06. The summed E-state index contributed by atoms with van der Waals surface area (Å²) in [6.07, 6.45) is 1.06. The zero-order valence-corrected chi connectivity index (χ0v) is 12.8. The van der Waals surface area contributed by atoms with Crippen LogP contribution < -0.4 is 5.32 Å². The number of nitrogens with one attached hydrogen (secondary N) is 1. The molecule has 1 unspecified atom stereocenters. The first-order chi connectivity index (χ1) is 8.60. The predicted molar refractivity (Wildman–Crippen MR) is 77.7 cm³/mol. The molecular formula is C14H31N3O. The second-order valence-corrected chi connectivity index (χ2v) is 4.76. The number of carbonyl (C=O) groups is 1. The molecule has 18 heavy (non-hydrogen) atoms. The van der Waals surface area contributed by atoms with E-state index >= 15 is 0 Å². The van der Waals surface area contributed by atoms with Crippen molar-refractivity contribution in [2.45, 2.75) is 34.1 Å². The molecule has 0 aromatic carbocycles. The number of hydrogen-bond acceptors (Lipinski definition) is 3. The number of rotatable bonds is 10. The van der Waals surface area contributed by atoms with Crippen LogP contribution in [0.25, 0.3) is 0 Å². The molecule has 4 nitrogen and oxygen atoms in total. The van der Waals surface area contributed by atoms with Gasteiger partial charge in [0.25, 0.3) is 0 Å². The van der Waals surface area contributed by atoms with Gasteiger partial charge in [-0.3, -0.25) is 4.79 Å². The first-order valence-electron chi connectivity index (χ1n) is 7.26. The van der Waals surface area contributed by atoms with Crippen LogP contribution >= 0.6 is 0 Å². The molecule has 0 fully saturated rings. The molecule has 0 bridgehead atoms. The summed E-state index contributed by atoms with van der Waals surface area (Å²) >= 11 is 0. The number of amides is 1. The molecule has 0 aliphatic rings. The molecule has 0 saturated heterocycles. The highest BCUT2D eigenvalue weighted by atomic mass is 16.2. The molecule has 0 rings (SSSR count). The largest absolute Gasteiger partial charge is 0.343 e. The zero-order valence-electron chi connectivity index (χ0n) is 12.8. The molecule has 1 N–H and O–H groups in total. The minimum Gasteiger partial charge on any atom is -0.343 e. The molecule has 0 aromatic heterocycles. The molecule has 4 heteroatoms. The van der Waals surface area contributed by atoms with Gasteiger partial charge in [0.2, 0.25) is 5.91 Å². The quantitative estimate of drug-likeness (QED) is 0.643. The molecule has 0 saturated carbocycles. The first kappa shape index (κ1) is 17.4. The van der Waals surface area contributed by atoms with Crippen molar-refractivity contribution < 1.29 is 4.79 Å². The topological polar surface area (TPSA) is 35.6 Å². The van der Waals surface area contributed by atoms with Gasteiger partial charge in [0.1, 0.15) is 0 Å². The number of carbonyl (C=O) groups excluding carboxylic acids is 1. The van der Waals surface area contributed by atoms with Gasteiger partial charge in [-0.1, -0.05) is 20.8 Å². The third-order valence-corrected chi connectivity index (χ3v) is 3.42. The summed E-state index contributed by atoms with van der Waals surface area (Å²) in [7, 11) is 1.89. The van der Waals surface area contributed by atoms with Crippen molar-refractivity contribution in [3.05, 3.63) is 0 Å². The highest BCUT2D eigenvalue weighted by molar-refractivity contribution is 5.78. The minimum atomic E-state index is 0.0726. The van der Waals surface area contributed by atoms with Crippen molar-refractivity contribution in [3.63, 3.8) is 0 Å². The van der Waals surface area contributed by atoms with Crippen molar-refractivity contribution in [3.8, 4) is 0 Å². The average Bonchev–Trinajstić information content (AvgIpc) is 2.39. The van der Waals surface area contributed by atoms with Gasteiger partial charge in [0.05, 0.1) is 0 Å². The Morgan fingerprint density at radius 3 is 2.17 bits per heavy atom. The monoisotopic (exact) mass is 257 g/mol. The average molecular weight is 257 g/mol. The predicted octanol–water partition coefficient (Wildman–Crippen LogP) is 1.42. The van der Waals surface area contributed by atoms with Crippen molar-refractivity contribution in [1.82, 2.24) is 15.1 Å². The molecular weight excluding hydrogens is 226 g/mol. The summed E-state index contributed by atoms with van der Waals surface area (Å²) in [4.78, 5) is 16.5. The Hall–Kier alpha value is -0.610. The van der Waals surface area contributed by atoms with Crippen LogP contribution in [0.3, 0.4) is 0 Å². The lowest BCUT2D eigenvalue weighted by Crippen LogP contribution is -2.40. The van der Waals surface area contributed by atoms with Crippen molar-refractivity contribution in [1.29, 1.82) is 0 Å². The maximum atomic E-state index is 12.2. The van der Waals surface area contributed by atoms with E-state index in [0.29, 0.717) is 0 Å². The van der Waals surface area contributed by atoms with Gasteiger partial charge >= 0.3 is 0 Å². The molecule has 0 spiro atoms. The Kier molecular flexibility index (Phi) is 9.98. The second kappa shape index (κ2) is 10.3. The van der Waals surface area contributed by atoms with Gasteiger partial charge in [0.15, 0.2) is 0 Å². The fraction of sp³-hybridized carbons (Fsp3) is 0.929. The van der Waals surface area contributed by atoms with E-state index in [1.807, 2.05) is 18.9 Å². The van der Waals surface area contributed by atoms with Crippen molar-refractivity contribution in [2.24, 2.45) is 5.92 Å². The molecule has 0 aliphatic heterocycles. The van der Waals surface area contributed by atoms with E-state index in [2.05, 4.69) is 31.0 Å². The summed E-state index contributed by atoms with van der Waals surface area (Å²) in [6.45, 7) is 14.1. The van der Waals surface area contributed by atoms with Crippen LogP contribution in [-0.4, -0.2) is 62.0 Å². The van der Waals surface area contributed by atoms with Crippen LogP contribution in [0.5, 0.6) is 0 Å². The van der Waals surface area contributed by atoms with E-state index < -0.39 is 0 Å². The van der Waals surface area contributed by atoms with Crippen LogP contribution in [0.2, 0.25) is 0 Å². The molecule has 0 aliphatic carbocycles. The minimum absolute atomic E-state index is 0.0726. The van der Waals surface area contributed by atoms with E-state index in [-0.39, 0.29) is 11.8 Å². The van der Waals surface area contributed by atoms with E-state index in [4.69, 9.17) is 0 Å². The second-order valence-electron chi connectivity index (χ2n) is 4.76. The Bertz CT molecular complexity index is 217. The van der Waals surface area contributed by atoms with Gasteiger partial charge in [-0.25, -0.2) is 0 Å². The third-order valence-electron chi connectivity index (χ3n) is 3.42. The smallest absolute Gasteiger partial charge is 0.226 e. The third kappa shape index (κ3) is 6.36. The lowest BCUT2D eigenvalue weighted by atomic mass is 10.1. The Balaban J connectivity index is 4.06. The summed E-state index contributed by atoms with van der Waals surface area (Å²) < 4.78 is 0. The van der Waals surface area contributed by atoms with Crippen LogP contribution in [0, 0.1) is 5.92 Å². The molecule has 1 amide bonds. The highest BCUT2D eigenvalue weighted by Crippen LogP contribution is 2.03. The van der Waals surface area contributed by atoms with E-state index in [9.17, 15) is 4.79 Å². The van der Waals surface area contributed by atoms with Crippen LogP contribution in [-0.2, 0) is 4.79 Å². The highest BCUT2D eigenvalue weighted by Gasteiger charge is 2.18. The summed E-state index contributed by atoms with van der Waals surface area (Å²) in [5.41, 5.74) is 0. The van der Waals surface area contributed by atoms with E-state index in [1.165, 1.54) is 0 Å². The van der Waals surface area contributed by atoms with E-state index in [0.717, 1.165) is 45.7 Å². The van der Waals surface area contributed by atoms with Crippen molar-refractivity contribution in [2.75, 3.05) is 46.3 Å². The zero-order chi connectivity index (χ0) is 14.0. The standard InChI is InChI=1S/C14H31N3O/c1-6-16(7-2)10-9-11-17(8-3)14(18)13(4)12-15-5/h13,15H,6-12H2,1-5H3. The Morgan fingerprint density at radius 2 is 1.72 bits per heavy atom. The lowest BCUT2D eigenvalue weighted by molar-refractivity contribution is -0.134. The maximum absolute atomic E-state index is 12.2. The van der Waals surface area contributed by atoms with Crippen LogP contribution in [0.4, 0.5) is 0 Å². The van der Waals surface area contributed by atoms with Gasteiger partial charge in [-0.2, -0.15) is 0 Å². The fourth-order valence-electron chi connectivity index (χ4n) is 2.15. The van der Waals surface area contributed by atoms with Gasteiger partial charge in [-0.15, -0.1) is 0 Å². The fourth-order valence-corrected chi connectivity index (χ4v) is 2.15. The molecule has 1 atom stereocenters. The molecule has 0 heterocycles. The van der Waals surface area contributed by atoms with Gasteiger partial charge in [-0.05, 0) is 40.0 Å². The lowest BCUT2D eigenvalue weighted by Gasteiger charge is -2.26. The van der Waals surface area contributed by atoms with Crippen molar-refractivity contribution >= 4 is 5.91 Å². The maximum Gasteiger partial charge on any atom is 0.226 e.